The Hall–Kier alpha value is -2.01. The third kappa shape index (κ3) is 2.17. The molecule has 1 saturated carbocycles. The van der Waals surface area contributed by atoms with E-state index in [1.54, 1.807) is 6.07 Å². The highest BCUT2D eigenvalue weighted by Gasteiger charge is 2.28. The normalized spacial score (nSPS) is 14.7. The van der Waals surface area contributed by atoms with Crippen LogP contribution in [0.5, 0.6) is 0 Å². The Morgan fingerprint density at radius 2 is 1.76 bits per heavy atom. The van der Waals surface area contributed by atoms with Crippen molar-refractivity contribution in [3.63, 3.8) is 0 Å². The van der Waals surface area contributed by atoms with Crippen LogP contribution in [0.4, 0.5) is 11.4 Å². The number of anilines is 2. The Balaban J connectivity index is 2.00. The van der Waals surface area contributed by atoms with E-state index in [4.69, 9.17) is 16.5 Å². The van der Waals surface area contributed by atoms with Crippen LogP contribution in [-0.4, -0.2) is 9.55 Å². The van der Waals surface area contributed by atoms with Gasteiger partial charge in [0.05, 0.1) is 11.0 Å². The van der Waals surface area contributed by atoms with E-state index in [0.717, 1.165) is 26.9 Å². The molecule has 0 amide bonds. The second kappa shape index (κ2) is 4.49. The molecule has 21 heavy (non-hydrogen) atoms. The van der Waals surface area contributed by atoms with Gasteiger partial charge in [0.15, 0.2) is 0 Å². The quantitative estimate of drug-likeness (QED) is 0.692. The Morgan fingerprint density at radius 1 is 1.05 bits per heavy atom. The summed E-state index contributed by atoms with van der Waals surface area (Å²) in [5.41, 5.74) is 16.3. The number of nitrogens with zero attached hydrogens (tertiary/aromatic N) is 2. The Labute approximate surface area is 130 Å². The maximum Gasteiger partial charge on any atom is 0.141 e. The first-order valence-electron chi connectivity index (χ1n) is 6.96. The third-order valence-corrected chi connectivity index (χ3v) is 4.29. The molecule has 106 valence electrons. The van der Waals surface area contributed by atoms with Gasteiger partial charge in [-0.1, -0.05) is 15.9 Å². The third-order valence-electron chi connectivity index (χ3n) is 3.80. The number of aromatic nitrogens is 2. The maximum absolute atomic E-state index is 5.93. The number of fused-ring (bicyclic) bond motifs is 1. The first-order chi connectivity index (χ1) is 10.1. The van der Waals surface area contributed by atoms with Crippen molar-refractivity contribution < 1.29 is 0 Å². The second-order valence-electron chi connectivity index (χ2n) is 5.56. The summed E-state index contributed by atoms with van der Waals surface area (Å²) in [6.45, 7) is 0. The van der Waals surface area contributed by atoms with Gasteiger partial charge in [0.1, 0.15) is 5.82 Å². The van der Waals surface area contributed by atoms with Crippen LogP contribution < -0.4 is 11.5 Å². The number of imidazole rings is 1. The van der Waals surface area contributed by atoms with E-state index in [1.165, 1.54) is 12.8 Å². The molecule has 0 saturated heterocycles. The largest absolute Gasteiger partial charge is 0.399 e. The highest BCUT2D eigenvalue weighted by molar-refractivity contribution is 9.10. The zero-order valence-corrected chi connectivity index (χ0v) is 13.0. The SMILES string of the molecule is Nc1cc(N)cc(-c2nc3cc(Br)ccc3n2C2CC2)c1. The van der Waals surface area contributed by atoms with Crippen LogP contribution in [0.2, 0.25) is 0 Å². The van der Waals surface area contributed by atoms with Crippen LogP contribution in [0.1, 0.15) is 18.9 Å². The lowest BCUT2D eigenvalue weighted by atomic mass is 10.1. The van der Waals surface area contributed by atoms with Crippen molar-refractivity contribution in [3.8, 4) is 11.4 Å². The minimum Gasteiger partial charge on any atom is -0.399 e. The van der Waals surface area contributed by atoms with Crippen molar-refractivity contribution in [2.75, 3.05) is 11.5 Å². The number of hydrogen-bond donors (Lipinski definition) is 2. The molecular weight excluding hydrogens is 328 g/mol. The van der Waals surface area contributed by atoms with Crippen LogP contribution in [0.3, 0.4) is 0 Å². The molecule has 4 nitrogen and oxygen atoms in total. The van der Waals surface area contributed by atoms with Crippen LogP contribution in [-0.2, 0) is 0 Å². The van der Waals surface area contributed by atoms with Crippen molar-refractivity contribution in [1.82, 2.24) is 9.55 Å². The van der Waals surface area contributed by atoms with E-state index >= 15 is 0 Å². The number of nitrogens with two attached hydrogens (primary N) is 2. The molecule has 1 fully saturated rings. The predicted octanol–water partition coefficient (Wildman–Crippen LogP) is 3.97. The van der Waals surface area contributed by atoms with Gasteiger partial charge in [-0.3, -0.25) is 0 Å². The Bertz CT molecular complexity index is 829. The highest BCUT2D eigenvalue weighted by atomic mass is 79.9. The minimum atomic E-state index is 0.536. The summed E-state index contributed by atoms with van der Waals surface area (Å²) in [6, 6.07) is 12.4. The van der Waals surface area contributed by atoms with Crippen LogP contribution in [0.15, 0.2) is 40.9 Å². The number of halogens is 1. The molecular formula is C16H15BrN4. The van der Waals surface area contributed by atoms with Crippen molar-refractivity contribution in [1.29, 1.82) is 0 Å². The Morgan fingerprint density at radius 3 is 2.43 bits per heavy atom. The molecule has 3 aromatic rings. The molecule has 4 rings (SSSR count). The van der Waals surface area contributed by atoms with Gasteiger partial charge in [0.25, 0.3) is 0 Å². The molecule has 2 aromatic carbocycles. The van der Waals surface area contributed by atoms with E-state index in [2.05, 4.69) is 32.6 Å². The molecule has 0 atom stereocenters. The molecule has 5 heteroatoms. The fraction of sp³-hybridized carbons (Fsp3) is 0.188. The molecule has 1 aliphatic carbocycles. The van der Waals surface area contributed by atoms with E-state index < -0.39 is 0 Å². The minimum absolute atomic E-state index is 0.536. The summed E-state index contributed by atoms with van der Waals surface area (Å²) >= 11 is 3.51. The summed E-state index contributed by atoms with van der Waals surface area (Å²) in [5, 5.41) is 0. The highest BCUT2D eigenvalue weighted by Crippen LogP contribution is 2.42. The topological polar surface area (TPSA) is 69.9 Å². The summed E-state index contributed by atoms with van der Waals surface area (Å²) in [7, 11) is 0. The fourth-order valence-corrected chi connectivity index (χ4v) is 3.13. The molecule has 0 bridgehead atoms. The standard InChI is InChI=1S/C16H15BrN4/c17-10-1-4-15-14(7-10)20-16(21(15)13-2-3-13)9-5-11(18)8-12(19)6-9/h1,4-8,13H,2-3,18-19H2. The van der Waals surface area contributed by atoms with Gasteiger partial charge in [0, 0.05) is 27.5 Å². The van der Waals surface area contributed by atoms with Gasteiger partial charge in [-0.25, -0.2) is 4.98 Å². The zero-order valence-electron chi connectivity index (χ0n) is 11.4. The number of hydrogen-bond acceptors (Lipinski definition) is 3. The van der Waals surface area contributed by atoms with Gasteiger partial charge >= 0.3 is 0 Å². The molecule has 0 unspecified atom stereocenters. The van der Waals surface area contributed by atoms with Crippen LogP contribution in [0, 0.1) is 0 Å². The second-order valence-corrected chi connectivity index (χ2v) is 6.47. The average Bonchev–Trinajstić information content (AvgIpc) is 3.18. The lowest BCUT2D eigenvalue weighted by molar-refractivity contribution is 0.775. The monoisotopic (exact) mass is 342 g/mol. The van der Waals surface area contributed by atoms with Crippen LogP contribution in [0.25, 0.3) is 22.4 Å². The summed E-state index contributed by atoms with van der Waals surface area (Å²) in [6.07, 6.45) is 2.40. The Kier molecular flexibility index (Phi) is 2.72. The van der Waals surface area contributed by atoms with Crippen LogP contribution >= 0.6 is 15.9 Å². The van der Waals surface area contributed by atoms with Gasteiger partial charge in [-0.2, -0.15) is 0 Å². The molecule has 0 spiro atoms. The van der Waals surface area contributed by atoms with Crippen molar-refractivity contribution >= 4 is 38.3 Å². The molecule has 1 heterocycles. The summed E-state index contributed by atoms with van der Waals surface area (Å²) in [5.74, 6) is 0.949. The first kappa shape index (κ1) is 12.7. The molecule has 0 radical (unpaired) electrons. The lowest BCUT2D eigenvalue weighted by Gasteiger charge is -2.09. The molecule has 1 aliphatic rings. The van der Waals surface area contributed by atoms with Crippen molar-refractivity contribution in [2.24, 2.45) is 0 Å². The van der Waals surface area contributed by atoms with E-state index in [0.29, 0.717) is 17.4 Å². The van der Waals surface area contributed by atoms with Gasteiger partial charge in [0.2, 0.25) is 0 Å². The number of benzene rings is 2. The predicted molar refractivity (Wildman–Crippen MR) is 90.0 cm³/mol. The van der Waals surface area contributed by atoms with Gasteiger partial charge in [-0.05, 0) is 49.2 Å². The van der Waals surface area contributed by atoms with Gasteiger partial charge < -0.3 is 16.0 Å². The molecule has 4 N–H and O–H groups in total. The molecule has 0 aliphatic heterocycles. The lowest BCUT2D eigenvalue weighted by Crippen LogP contribution is -1.99. The summed E-state index contributed by atoms with van der Waals surface area (Å²) in [4.78, 5) is 4.81. The number of nitrogen functional groups attached to an aromatic ring is 2. The first-order valence-corrected chi connectivity index (χ1v) is 7.75. The van der Waals surface area contributed by atoms with E-state index in [1.807, 2.05) is 18.2 Å². The van der Waals surface area contributed by atoms with Crippen molar-refractivity contribution in [3.05, 3.63) is 40.9 Å². The fourth-order valence-electron chi connectivity index (χ4n) is 2.78. The van der Waals surface area contributed by atoms with Gasteiger partial charge in [-0.15, -0.1) is 0 Å². The maximum atomic E-state index is 5.93. The van der Waals surface area contributed by atoms with E-state index in [-0.39, 0.29) is 0 Å². The van der Waals surface area contributed by atoms with Crippen molar-refractivity contribution in [2.45, 2.75) is 18.9 Å². The number of rotatable bonds is 2. The summed E-state index contributed by atoms with van der Waals surface area (Å²) < 4.78 is 3.35. The smallest absolute Gasteiger partial charge is 0.141 e. The van der Waals surface area contributed by atoms with E-state index in [9.17, 15) is 0 Å². The zero-order chi connectivity index (χ0) is 14.6. The molecule has 1 aromatic heterocycles. The average molecular weight is 343 g/mol.